The smallest absolute Gasteiger partial charge is 0.261 e. The second kappa shape index (κ2) is 4.85. The number of aliphatic hydroxyl groups excluding tert-OH is 2. The number of rotatable bonds is 2. The van der Waals surface area contributed by atoms with Gasteiger partial charge in [-0.05, 0) is 22.0 Å². The summed E-state index contributed by atoms with van der Waals surface area (Å²) in [5.41, 5.74) is 5.58. The number of nitrogens with zero attached hydrogens (tertiary/aromatic N) is 2. The summed E-state index contributed by atoms with van der Waals surface area (Å²) in [6.45, 7) is -0.273. The minimum atomic E-state index is -0.770. The number of aromatic nitrogens is 3. The van der Waals surface area contributed by atoms with Gasteiger partial charge in [0.15, 0.2) is 5.65 Å². The molecule has 9 heteroatoms. The van der Waals surface area contributed by atoms with E-state index < -0.39 is 18.4 Å². The average molecular weight is 345 g/mol. The SMILES string of the molecule is Nc1nc2c(cc(Br)n2[C@H]2C[C@H](O)[C@@H](CO)O2)c(=O)[nH]1. The van der Waals surface area contributed by atoms with E-state index in [1.165, 1.54) is 0 Å². The van der Waals surface area contributed by atoms with Crippen molar-refractivity contribution in [2.45, 2.75) is 24.9 Å². The van der Waals surface area contributed by atoms with Gasteiger partial charge in [0, 0.05) is 6.42 Å². The highest BCUT2D eigenvalue weighted by Gasteiger charge is 2.36. The lowest BCUT2D eigenvalue weighted by atomic mass is 10.2. The molecule has 2 aromatic heterocycles. The summed E-state index contributed by atoms with van der Waals surface area (Å²) in [6.07, 6.45) is -1.65. The van der Waals surface area contributed by atoms with Gasteiger partial charge >= 0.3 is 0 Å². The first-order valence-electron chi connectivity index (χ1n) is 6.02. The molecule has 1 aliphatic heterocycles. The van der Waals surface area contributed by atoms with Gasteiger partial charge < -0.3 is 20.7 Å². The number of nitrogens with two attached hydrogens (primary N) is 1. The number of nitrogens with one attached hydrogen (secondary N) is 1. The van der Waals surface area contributed by atoms with Crippen LogP contribution in [0.1, 0.15) is 12.6 Å². The van der Waals surface area contributed by atoms with Crippen LogP contribution < -0.4 is 11.3 Å². The number of aromatic amines is 1. The molecular formula is C11H13BrN4O4. The predicted octanol–water partition coefficient (Wildman–Crippen LogP) is -0.290. The summed E-state index contributed by atoms with van der Waals surface area (Å²) in [7, 11) is 0. The van der Waals surface area contributed by atoms with Crippen LogP contribution in [-0.2, 0) is 4.74 Å². The Balaban J connectivity index is 2.13. The van der Waals surface area contributed by atoms with Crippen LogP contribution in [0.3, 0.4) is 0 Å². The van der Waals surface area contributed by atoms with Crippen molar-refractivity contribution in [3.05, 3.63) is 21.0 Å². The van der Waals surface area contributed by atoms with Gasteiger partial charge in [0.05, 0.1) is 22.7 Å². The summed E-state index contributed by atoms with van der Waals surface area (Å²) in [4.78, 5) is 18.4. The Labute approximate surface area is 121 Å². The number of hydrogen-bond acceptors (Lipinski definition) is 6. The van der Waals surface area contributed by atoms with E-state index in [1.54, 1.807) is 10.6 Å². The van der Waals surface area contributed by atoms with Crippen LogP contribution in [-0.4, -0.2) is 43.6 Å². The molecule has 1 aliphatic rings. The van der Waals surface area contributed by atoms with Crippen LogP contribution in [0.25, 0.3) is 11.0 Å². The summed E-state index contributed by atoms with van der Waals surface area (Å²) >= 11 is 3.35. The number of fused-ring (bicyclic) bond motifs is 1. The standard InChI is InChI=1S/C11H13BrN4O4/c12-7-1-4-9(14-11(13)15-10(4)19)16(7)8-2-5(18)6(3-17)20-8/h1,5-6,8,17-18H,2-3H2,(H3,13,14,15,19)/t5-,6+,8+/m0/s1. The molecule has 0 bridgehead atoms. The zero-order valence-corrected chi connectivity index (χ0v) is 11.9. The van der Waals surface area contributed by atoms with Crippen LogP contribution in [0.15, 0.2) is 15.5 Å². The molecule has 0 radical (unpaired) electrons. The zero-order valence-electron chi connectivity index (χ0n) is 10.3. The first kappa shape index (κ1) is 13.6. The van der Waals surface area contributed by atoms with Crippen molar-refractivity contribution in [1.82, 2.24) is 14.5 Å². The minimum absolute atomic E-state index is 0.00611. The molecule has 0 saturated carbocycles. The first-order chi connectivity index (χ1) is 9.51. The van der Waals surface area contributed by atoms with Gasteiger partial charge in [-0.1, -0.05) is 0 Å². The van der Waals surface area contributed by atoms with Gasteiger partial charge in [-0.3, -0.25) is 14.3 Å². The maximum Gasteiger partial charge on any atom is 0.261 e. The van der Waals surface area contributed by atoms with Gasteiger partial charge in [0.25, 0.3) is 5.56 Å². The minimum Gasteiger partial charge on any atom is -0.394 e. The van der Waals surface area contributed by atoms with Crippen LogP contribution in [0.4, 0.5) is 5.95 Å². The molecule has 0 amide bonds. The third-order valence-corrected chi connectivity index (χ3v) is 3.96. The quantitative estimate of drug-likeness (QED) is 0.593. The zero-order chi connectivity index (χ0) is 14.4. The molecule has 0 aromatic carbocycles. The van der Waals surface area contributed by atoms with E-state index in [4.69, 9.17) is 15.6 Å². The normalized spacial score (nSPS) is 26.4. The molecule has 1 fully saturated rings. The highest BCUT2D eigenvalue weighted by atomic mass is 79.9. The van der Waals surface area contributed by atoms with E-state index in [2.05, 4.69) is 25.9 Å². The molecule has 0 unspecified atom stereocenters. The van der Waals surface area contributed by atoms with Gasteiger partial charge in [0.2, 0.25) is 5.95 Å². The van der Waals surface area contributed by atoms with Gasteiger partial charge in [-0.2, -0.15) is 4.98 Å². The number of halogens is 1. The molecule has 0 aliphatic carbocycles. The second-order valence-electron chi connectivity index (χ2n) is 4.64. The molecule has 3 heterocycles. The third kappa shape index (κ3) is 2.03. The summed E-state index contributed by atoms with van der Waals surface area (Å²) in [5, 5.41) is 19.3. The van der Waals surface area contributed by atoms with Crippen molar-refractivity contribution in [2.75, 3.05) is 12.3 Å². The van der Waals surface area contributed by atoms with Crippen LogP contribution in [0, 0.1) is 0 Å². The highest BCUT2D eigenvalue weighted by Crippen LogP contribution is 2.34. The largest absolute Gasteiger partial charge is 0.394 e. The van der Waals surface area contributed by atoms with Crippen molar-refractivity contribution in [2.24, 2.45) is 0 Å². The van der Waals surface area contributed by atoms with Gasteiger partial charge in [0.1, 0.15) is 12.3 Å². The number of aliphatic hydroxyl groups is 2. The summed E-state index contributed by atoms with van der Waals surface area (Å²) in [6, 6.07) is 1.61. The number of H-pyrrole nitrogens is 1. The fourth-order valence-electron chi connectivity index (χ4n) is 2.40. The summed E-state index contributed by atoms with van der Waals surface area (Å²) < 4.78 is 7.80. The van der Waals surface area contributed by atoms with E-state index in [1.807, 2.05) is 0 Å². The number of nitrogen functional groups attached to an aromatic ring is 1. The van der Waals surface area contributed by atoms with Crippen molar-refractivity contribution in [3.8, 4) is 0 Å². The van der Waals surface area contributed by atoms with Crippen molar-refractivity contribution in [1.29, 1.82) is 0 Å². The maximum absolute atomic E-state index is 11.8. The number of anilines is 1. The lowest BCUT2D eigenvalue weighted by Gasteiger charge is -2.15. The Morgan fingerprint density at radius 1 is 1.65 bits per heavy atom. The number of ether oxygens (including phenoxy) is 1. The molecule has 1 saturated heterocycles. The Hall–Kier alpha value is -1.42. The molecule has 108 valence electrons. The van der Waals surface area contributed by atoms with Crippen LogP contribution in [0.5, 0.6) is 0 Å². The van der Waals surface area contributed by atoms with E-state index in [-0.39, 0.29) is 18.1 Å². The molecule has 0 spiro atoms. The molecule has 3 rings (SSSR count). The molecule has 8 nitrogen and oxygen atoms in total. The van der Waals surface area contributed by atoms with E-state index >= 15 is 0 Å². The molecule has 20 heavy (non-hydrogen) atoms. The van der Waals surface area contributed by atoms with Gasteiger partial charge in [-0.25, -0.2) is 0 Å². The van der Waals surface area contributed by atoms with Crippen LogP contribution >= 0.6 is 15.9 Å². The molecule has 2 aromatic rings. The summed E-state index contributed by atoms with van der Waals surface area (Å²) in [5.74, 6) is 0.00611. The van der Waals surface area contributed by atoms with Gasteiger partial charge in [-0.15, -0.1) is 0 Å². The molecular weight excluding hydrogens is 332 g/mol. The highest BCUT2D eigenvalue weighted by molar-refractivity contribution is 9.10. The van der Waals surface area contributed by atoms with Crippen molar-refractivity contribution >= 4 is 32.9 Å². The lowest BCUT2D eigenvalue weighted by molar-refractivity contribution is -0.0436. The molecule has 5 N–H and O–H groups in total. The average Bonchev–Trinajstić information content (AvgIpc) is 2.89. The van der Waals surface area contributed by atoms with Crippen molar-refractivity contribution in [3.63, 3.8) is 0 Å². The number of hydrogen-bond donors (Lipinski definition) is 4. The monoisotopic (exact) mass is 344 g/mol. The first-order valence-corrected chi connectivity index (χ1v) is 6.81. The Kier molecular flexibility index (Phi) is 3.28. The predicted molar refractivity (Wildman–Crippen MR) is 74.1 cm³/mol. The molecule has 3 atom stereocenters. The second-order valence-corrected chi connectivity index (χ2v) is 5.45. The Morgan fingerprint density at radius 3 is 3.05 bits per heavy atom. The topological polar surface area (TPSA) is 126 Å². The lowest BCUT2D eigenvalue weighted by Crippen LogP contribution is -2.24. The van der Waals surface area contributed by atoms with E-state index in [0.717, 1.165) is 0 Å². The van der Waals surface area contributed by atoms with Crippen LogP contribution in [0.2, 0.25) is 0 Å². The fraction of sp³-hybridized carbons (Fsp3) is 0.455. The fourth-order valence-corrected chi connectivity index (χ4v) is 3.03. The Morgan fingerprint density at radius 2 is 2.40 bits per heavy atom. The van der Waals surface area contributed by atoms with Crippen molar-refractivity contribution < 1.29 is 14.9 Å². The van der Waals surface area contributed by atoms with E-state index in [9.17, 15) is 9.90 Å². The Bertz CT molecular complexity index is 712. The maximum atomic E-state index is 11.8. The third-order valence-electron chi connectivity index (χ3n) is 3.35. The van der Waals surface area contributed by atoms with E-state index in [0.29, 0.717) is 22.1 Å².